The van der Waals surface area contributed by atoms with Crippen molar-refractivity contribution in [2.75, 3.05) is 0 Å². The first-order valence-corrected chi connectivity index (χ1v) is 29.2. The van der Waals surface area contributed by atoms with E-state index in [4.69, 9.17) is 0 Å². The van der Waals surface area contributed by atoms with Gasteiger partial charge in [-0.15, -0.1) is 20.1 Å². The van der Waals surface area contributed by atoms with E-state index in [1.807, 2.05) is 27.7 Å². The molecule has 0 unspecified atom stereocenters. The Kier molecular flexibility index (Phi) is 13.7. The number of hydrogen-bond donors (Lipinski definition) is 0. The van der Waals surface area contributed by atoms with E-state index in [1.54, 1.807) is 0 Å². The minimum absolute atomic E-state index is 1.12. The lowest BCUT2D eigenvalue weighted by Gasteiger charge is -2.42. The Bertz CT molecular complexity index is 3530. The van der Waals surface area contributed by atoms with E-state index in [0.29, 0.717) is 0 Å². The largest absolute Gasteiger partial charge is 0.309 e. The smallest absolute Gasteiger partial charge is 0.0541 e. The van der Waals surface area contributed by atoms with Gasteiger partial charge in [0.05, 0.1) is 22.1 Å². The summed E-state index contributed by atoms with van der Waals surface area (Å²) in [7, 11) is -3.94. The van der Waals surface area contributed by atoms with E-state index in [9.17, 15) is 0 Å². The maximum Gasteiger partial charge on any atom is 0.0541 e. The summed E-state index contributed by atoms with van der Waals surface area (Å²) in [4.78, 5) is 10.4. The summed E-state index contributed by atoms with van der Waals surface area (Å²) in [5.41, 5.74) is 7.00. The highest BCUT2D eigenvalue weighted by atomic mass is 32.3. The first-order chi connectivity index (χ1) is 36.7. The molecule has 2 heterocycles. The van der Waals surface area contributed by atoms with Gasteiger partial charge in [-0.25, -0.2) is 0 Å². The van der Waals surface area contributed by atoms with Gasteiger partial charge in [-0.2, -0.15) is 0 Å². The second kappa shape index (κ2) is 21.1. The zero-order valence-corrected chi connectivity index (χ0v) is 44.1. The fourth-order valence-electron chi connectivity index (χ4n) is 11.0. The maximum absolute atomic E-state index is 2.54. The third-order valence-corrected chi connectivity index (χ3v) is 21.7. The van der Waals surface area contributed by atoms with Crippen LogP contribution in [-0.4, -0.2) is 9.13 Å². The maximum atomic E-state index is 2.54. The first kappa shape index (κ1) is 48.0. The molecule has 0 saturated heterocycles. The Balaban J connectivity index is 0.00000144. The van der Waals surface area contributed by atoms with Gasteiger partial charge >= 0.3 is 0 Å². The fourth-order valence-corrected chi connectivity index (χ4v) is 18.8. The van der Waals surface area contributed by atoms with Gasteiger partial charge in [0.25, 0.3) is 0 Å². The molecule has 0 bridgehead atoms. The Morgan fingerprint density at radius 3 is 0.703 bits per heavy atom. The molecule has 0 aliphatic rings. The SMILES string of the molecule is CC.CC.c1ccc(S(c2ccccc2)(c2ccccc2)c2ccc3c(c2)c2cc(S(c4ccccc4)(c4ccccc4)c4ccccc4)ccc2n3-c2ccc(-n3c4ccccc4c4ccccc43)cc2)cc1. The van der Waals surface area contributed by atoms with Crippen molar-refractivity contribution in [1.29, 1.82) is 0 Å². The van der Waals surface area contributed by atoms with E-state index < -0.39 is 20.1 Å². The average molecular weight is 993 g/mol. The molecule has 13 aromatic rings. The molecule has 13 rings (SSSR count). The summed E-state index contributed by atoms with van der Waals surface area (Å²) < 4.78 is 4.89. The lowest BCUT2D eigenvalue weighted by atomic mass is 10.1. The van der Waals surface area contributed by atoms with E-state index in [2.05, 4.69) is 300 Å². The minimum Gasteiger partial charge on any atom is -0.309 e. The van der Waals surface area contributed by atoms with Crippen molar-refractivity contribution < 1.29 is 0 Å². The van der Waals surface area contributed by atoms with E-state index in [0.717, 1.165) is 11.4 Å². The Labute approximate surface area is 439 Å². The summed E-state index contributed by atoms with van der Waals surface area (Å²) >= 11 is 0. The Hall–Kier alpha value is -8.28. The number of para-hydroxylation sites is 2. The van der Waals surface area contributed by atoms with E-state index >= 15 is 0 Å². The Morgan fingerprint density at radius 2 is 0.432 bits per heavy atom. The zero-order chi connectivity index (χ0) is 50.5. The van der Waals surface area contributed by atoms with Crippen molar-refractivity contribution in [2.24, 2.45) is 0 Å². The van der Waals surface area contributed by atoms with Crippen LogP contribution in [0.15, 0.2) is 330 Å². The zero-order valence-electron chi connectivity index (χ0n) is 42.4. The second-order valence-electron chi connectivity index (χ2n) is 17.7. The molecule has 2 nitrogen and oxygen atoms in total. The Morgan fingerprint density at radius 1 is 0.203 bits per heavy atom. The lowest BCUT2D eigenvalue weighted by molar-refractivity contribution is 1.14. The van der Waals surface area contributed by atoms with Crippen LogP contribution in [0.25, 0.3) is 55.0 Å². The summed E-state index contributed by atoms with van der Waals surface area (Å²) in [6, 6.07) is 109. The van der Waals surface area contributed by atoms with Gasteiger partial charge in [0, 0.05) is 72.1 Å². The molecule has 11 aromatic carbocycles. The van der Waals surface area contributed by atoms with Gasteiger partial charge in [0.1, 0.15) is 0 Å². The molecular formula is C70H60N2S2. The molecule has 4 heteroatoms. The number of benzene rings is 11. The highest BCUT2D eigenvalue weighted by Gasteiger charge is 2.36. The monoisotopic (exact) mass is 992 g/mol. The van der Waals surface area contributed by atoms with Crippen LogP contribution in [0.1, 0.15) is 27.7 Å². The summed E-state index contributed by atoms with van der Waals surface area (Å²) in [6.45, 7) is 8.00. The molecule has 0 amide bonds. The molecule has 2 aromatic heterocycles. The molecule has 0 fully saturated rings. The summed E-state index contributed by atoms with van der Waals surface area (Å²) in [5, 5.41) is 4.97. The normalized spacial score (nSPS) is 11.9. The molecule has 0 radical (unpaired) electrons. The predicted octanol–water partition coefficient (Wildman–Crippen LogP) is 20.6. The number of aromatic nitrogens is 2. The van der Waals surface area contributed by atoms with Gasteiger partial charge in [-0.1, -0.05) is 173 Å². The highest BCUT2D eigenvalue weighted by molar-refractivity contribution is 8.34. The molecule has 0 atom stereocenters. The first-order valence-electron chi connectivity index (χ1n) is 25.9. The highest BCUT2D eigenvalue weighted by Crippen LogP contribution is 2.75. The van der Waals surface area contributed by atoms with Crippen LogP contribution >= 0.6 is 20.1 Å². The molecular weight excluding hydrogens is 933 g/mol. The van der Waals surface area contributed by atoms with Gasteiger partial charge in [-0.05, 0) is 146 Å². The van der Waals surface area contributed by atoms with Crippen LogP contribution in [0.2, 0.25) is 0 Å². The summed E-state index contributed by atoms with van der Waals surface area (Å²) in [5.74, 6) is 0. The van der Waals surface area contributed by atoms with Gasteiger partial charge in [0.15, 0.2) is 0 Å². The standard InChI is InChI=1S/C66H48N2S2.2C2H6/c1-7-23-51(24-8-1)69(52-25-9-2-10-26-52,53-27-11-3-12-28-53)57-43-45-65-61(47-57)62-48-58(70(54-29-13-4-14-30-54,55-31-15-5-16-32-55)56-33-17-6-18-34-56)44-46-66(62)68(65)50-41-39-49(40-42-50)67-63-37-21-19-35-59(63)60-36-20-22-38-64(60)67;2*1-2/h1-48H;2*1-2H3. The van der Waals surface area contributed by atoms with Crippen molar-refractivity contribution in [1.82, 2.24) is 9.13 Å². The van der Waals surface area contributed by atoms with E-state index in [-0.39, 0.29) is 0 Å². The van der Waals surface area contributed by atoms with Crippen LogP contribution in [0.3, 0.4) is 0 Å². The van der Waals surface area contributed by atoms with Gasteiger partial charge in [-0.3, -0.25) is 0 Å². The fraction of sp³-hybridized carbons (Fsp3) is 0.0571. The molecule has 0 N–H and O–H groups in total. The van der Waals surface area contributed by atoms with Crippen molar-refractivity contribution in [3.05, 3.63) is 291 Å². The molecule has 74 heavy (non-hydrogen) atoms. The van der Waals surface area contributed by atoms with Crippen molar-refractivity contribution in [3.63, 3.8) is 0 Å². The second-order valence-corrected chi connectivity index (χ2v) is 23.9. The van der Waals surface area contributed by atoms with Crippen LogP contribution < -0.4 is 0 Å². The summed E-state index contributed by atoms with van der Waals surface area (Å²) in [6.07, 6.45) is 0. The number of fused-ring (bicyclic) bond motifs is 6. The van der Waals surface area contributed by atoms with Crippen LogP contribution in [0, 0.1) is 0 Å². The average Bonchev–Trinajstić information content (AvgIpc) is 4.02. The lowest BCUT2D eigenvalue weighted by Crippen LogP contribution is -2.05. The molecule has 0 saturated carbocycles. The van der Waals surface area contributed by atoms with Crippen molar-refractivity contribution in [2.45, 2.75) is 66.9 Å². The van der Waals surface area contributed by atoms with Crippen LogP contribution in [-0.2, 0) is 0 Å². The van der Waals surface area contributed by atoms with Crippen LogP contribution in [0.4, 0.5) is 0 Å². The third kappa shape index (κ3) is 7.94. The number of nitrogens with zero attached hydrogens (tertiary/aromatic N) is 2. The molecule has 362 valence electrons. The predicted molar refractivity (Wildman–Crippen MR) is 318 cm³/mol. The van der Waals surface area contributed by atoms with E-state index in [1.165, 1.54) is 82.8 Å². The van der Waals surface area contributed by atoms with Crippen LogP contribution in [0.5, 0.6) is 0 Å². The van der Waals surface area contributed by atoms with Gasteiger partial charge < -0.3 is 9.13 Å². The quantitative estimate of drug-likeness (QED) is 0.129. The van der Waals surface area contributed by atoms with Crippen molar-refractivity contribution in [3.8, 4) is 11.4 Å². The molecule has 0 aliphatic heterocycles. The van der Waals surface area contributed by atoms with Crippen molar-refractivity contribution >= 4 is 63.7 Å². The number of rotatable bonds is 10. The topological polar surface area (TPSA) is 9.86 Å². The molecule has 0 spiro atoms. The molecule has 0 aliphatic carbocycles. The number of hydrogen-bond acceptors (Lipinski definition) is 0. The minimum atomic E-state index is -1.97. The van der Waals surface area contributed by atoms with Gasteiger partial charge in [0.2, 0.25) is 0 Å². The third-order valence-electron chi connectivity index (χ3n) is 13.9.